The number of hydrogen-bond acceptors (Lipinski definition) is 3. The predicted molar refractivity (Wildman–Crippen MR) is 94.6 cm³/mol. The average Bonchev–Trinajstić information content (AvgIpc) is 2.61. The Hall–Kier alpha value is -2.76. The van der Waals surface area contributed by atoms with E-state index in [2.05, 4.69) is 10.6 Å². The molecule has 0 aliphatic heterocycles. The lowest BCUT2D eigenvalue weighted by Gasteiger charge is -2.10. The lowest BCUT2D eigenvalue weighted by Crippen LogP contribution is -2.38. The van der Waals surface area contributed by atoms with Crippen molar-refractivity contribution in [1.29, 1.82) is 0 Å². The van der Waals surface area contributed by atoms with Gasteiger partial charge in [0.05, 0.1) is 13.2 Å². The summed E-state index contributed by atoms with van der Waals surface area (Å²) in [6.07, 6.45) is 0.445. The number of rotatable bonds is 9. The third kappa shape index (κ3) is 6.71. The zero-order valence-corrected chi connectivity index (χ0v) is 14.3. The molecule has 0 fully saturated rings. The van der Waals surface area contributed by atoms with Crippen molar-refractivity contribution in [3.8, 4) is 11.5 Å². The van der Waals surface area contributed by atoms with Gasteiger partial charge in [-0.25, -0.2) is 9.18 Å². The molecule has 0 spiro atoms. The highest BCUT2D eigenvalue weighted by Crippen LogP contribution is 2.19. The molecule has 0 radical (unpaired) electrons. The van der Waals surface area contributed by atoms with Crippen LogP contribution in [0.1, 0.15) is 12.5 Å². The fourth-order valence-electron chi connectivity index (χ4n) is 2.23. The number of ether oxygens (including phenoxy) is 2. The molecule has 0 unspecified atom stereocenters. The Kier molecular flexibility index (Phi) is 7.56. The molecule has 0 heterocycles. The molecule has 25 heavy (non-hydrogen) atoms. The smallest absolute Gasteiger partial charge is 0.314 e. The highest BCUT2D eigenvalue weighted by Gasteiger charge is 2.03. The minimum atomic E-state index is -0.303. The maximum absolute atomic E-state index is 13.4. The minimum Gasteiger partial charge on any atom is -0.494 e. The van der Waals surface area contributed by atoms with E-state index in [1.54, 1.807) is 24.3 Å². The zero-order valence-electron chi connectivity index (χ0n) is 14.3. The lowest BCUT2D eigenvalue weighted by atomic mass is 10.1. The third-order valence-electron chi connectivity index (χ3n) is 3.41. The van der Waals surface area contributed by atoms with Gasteiger partial charge in [0.1, 0.15) is 23.9 Å². The summed E-state index contributed by atoms with van der Waals surface area (Å²) in [5.41, 5.74) is 0.584. The Balaban J connectivity index is 1.61. The van der Waals surface area contributed by atoms with Gasteiger partial charge in [-0.05, 0) is 37.1 Å². The Morgan fingerprint density at radius 1 is 1.00 bits per heavy atom. The maximum atomic E-state index is 13.4. The van der Waals surface area contributed by atoms with E-state index in [9.17, 15) is 9.18 Å². The van der Waals surface area contributed by atoms with Crippen LogP contribution < -0.4 is 20.1 Å². The molecule has 0 aromatic heterocycles. The number of hydrogen-bond donors (Lipinski definition) is 2. The molecule has 6 heteroatoms. The largest absolute Gasteiger partial charge is 0.494 e. The summed E-state index contributed by atoms with van der Waals surface area (Å²) in [6.45, 7) is 3.59. The van der Waals surface area contributed by atoms with E-state index < -0.39 is 0 Å². The highest BCUT2D eigenvalue weighted by molar-refractivity contribution is 5.73. The van der Waals surface area contributed by atoms with Gasteiger partial charge in [-0.15, -0.1) is 0 Å². The van der Waals surface area contributed by atoms with Gasteiger partial charge in [0.25, 0.3) is 0 Å². The summed E-state index contributed by atoms with van der Waals surface area (Å²) in [6, 6.07) is 13.6. The molecule has 0 bridgehead atoms. The number of carbonyl (C=O) groups is 1. The van der Waals surface area contributed by atoms with Gasteiger partial charge in [0.15, 0.2) is 0 Å². The predicted octanol–water partition coefficient (Wildman–Crippen LogP) is 3.15. The maximum Gasteiger partial charge on any atom is 0.314 e. The summed E-state index contributed by atoms with van der Waals surface area (Å²) in [5.74, 6) is 1.18. The van der Waals surface area contributed by atoms with Crippen molar-refractivity contribution in [3.05, 3.63) is 59.9 Å². The second-order valence-corrected chi connectivity index (χ2v) is 5.28. The molecular formula is C19H23FN2O3. The van der Waals surface area contributed by atoms with Crippen LogP contribution in [-0.2, 0) is 6.42 Å². The minimum absolute atomic E-state index is 0.257. The number of halogens is 1. The number of carbonyl (C=O) groups excluding carboxylic acids is 1. The first-order chi connectivity index (χ1) is 12.2. The normalized spacial score (nSPS) is 10.2. The van der Waals surface area contributed by atoms with E-state index in [0.717, 1.165) is 5.75 Å². The molecule has 134 valence electrons. The van der Waals surface area contributed by atoms with Crippen LogP contribution in [0.3, 0.4) is 0 Å². The number of benzene rings is 2. The molecule has 2 rings (SSSR count). The number of amides is 2. The zero-order chi connectivity index (χ0) is 17.9. The van der Waals surface area contributed by atoms with E-state index in [1.165, 1.54) is 6.07 Å². The molecule has 0 saturated heterocycles. The molecule has 0 aliphatic rings. The molecule has 2 N–H and O–H groups in total. The Morgan fingerprint density at radius 3 is 2.48 bits per heavy atom. The second-order valence-electron chi connectivity index (χ2n) is 5.28. The molecule has 2 amide bonds. The first-order valence-corrected chi connectivity index (χ1v) is 8.30. The van der Waals surface area contributed by atoms with Crippen molar-refractivity contribution in [2.45, 2.75) is 13.3 Å². The molecule has 2 aromatic rings. The molecule has 2 aromatic carbocycles. The Labute approximate surface area is 147 Å². The molecule has 0 saturated carbocycles. The van der Waals surface area contributed by atoms with E-state index in [1.807, 2.05) is 25.1 Å². The summed E-state index contributed by atoms with van der Waals surface area (Å²) in [5, 5.41) is 5.38. The Bertz CT molecular complexity index is 679. The van der Waals surface area contributed by atoms with E-state index in [4.69, 9.17) is 9.47 Å². The van der Waals surface area contributed by atoms with E-state index in [0.29, 0.717) is 44.0 Å². The van der Waals surface area contributed by atoms with Gasteiger partial charge < -0.3 is 20.1 Å². The van der Waals surface area contributed by atoms with Gasteiger partial charge in [0.2, 0.25) is 0 Å². The van der Waals surface area contributed by atoms with Crippen LogP contribution >= 0.6 is 0 Å². The summed E-state index contributed by atoms with van der Waals surface area (Å²) in [7, 11) is 0. The van der Waals surface area contributed by atoms with Crippen molar-refractivity contribution in [1.82, 2.24) is 10.6 Å². The summed E-state index contributed by atoms with van der Waals surface area (Å²) < 4.78 is 24.4. The summed E-state index contributed by atoms with van der Waals surface area (Å²) >= 11 is 0. The fourth-order valence-corrected chi connectivity index (χ4v) is 2.23. The molecule has 5 nitrogen and oxygen atoms in total. The number of nitrogens with one attached hydrogen (secondary N) is 2. The van der Waals surface area contributed by atoms with Gasteiger partial charge in [-0.2, -0.15) is 0 Å². The fraction of sp³-hybridized carbons (Fsp3) is 0.316. The standard InChI is InChI=1S/C19H23FN2O3/c1-2-24-16-7-5-8-17(14-16)25-13-12-22-19(23)21-11-10-15-6-3-4-9-18(15)20/h3-9,14H,2,10-13H2,1H3,(H2,21,22,23). The molecular weight excluding hydrogens is 323 g/mol. The van der Waals surface area contributed by atoms with Crippen molar-refractivity contribution in [2.24, 2.45) is 0 Å². The lowest BCUT2D eigenvalue weighted by molar-refractivity contribution is 0.236. The van der Waals surface area contributed by atoms with Gasteiger partial charge in [-0.1, -0.05) is 24.3 Å². The summed E-state index contributed by atoms with van der Waals surface area (Å²) in [4.78, 5) is 11.7. The first-order valence-electron chi connectivity index (χ1n) is 8.30. The second kappa shape index (κ2) is 10.2. The SMILES string of the molecule is CCOc1cccc(OCCNC(=O)NCCc2ccccc2F)c1. The van der Waals surface area contributed by atoms with E-state index in [-0.39, 0.29) is 11.8 Å². The quantitative estimate of drug-likeness (QED) is 0.686. The van der Waals surface area contributed by atoms with Crippen molar-refractivity contribution in [3.63, 3.8) is 0 Å². The Morgan fingerprint density at radius 2 is 1.72 bits per heavy atom. The van der Waals surface area contributed by atoms with Gasteiger partial charge >= 0.3 is 6.03 Å². The van der Waals surface area contributed by atoms with Crippen LogP contribution in [0.2, 0.25) is 0 Å². The number of urea groups is 1. The highest BCUT2D eigenvalue weighted by atomic mass is 19.1. The first kappa shape index (κ1) is 18.6. The van der Waals surface area contributed by atoms with Crippen LogP contribution in [-0.4, -0.2) is 32.3 Å². The van der Waals surface area contributed by atoms with Crippen molar-refractivity contribution >= 4 is 6.03 Å². The van der Waals surface area contributed by atoms with Crippen LogP contribution in [0.5, 0.6) is 11.5 Å². The van der Waals surface area contributed by atoms with Crippen molar-refractivity contribution < 1.29 is 18.7 Å². The topological polar surface area (TPSA) is 59.6 Å². The van der Waals surface area contributed by atoms with Crippen LogP contribution in [0.25, 0.3) is 0 Å². The van der Waals surface area contributed by atoms with Crippen LogP contribution in [0.4, 0.5) is 9.18 Å². The molecule has 0 aliphatic carbocycles. The van der Waals surface area contributed by atoms with Crippen molar-refractivity contribution in [2.75, 3.05) is 26.3 Å². The molecule has 0 atom stereocenters. The van der Waals surface area contributed by atoms with Gasteiger partial charge in [0, 0.05) is 12.6 Å². The van der Waals surface area contributed by atoms with Crippen LogP contribution in [0.15, 0.2) is 48.5 Å². The van der Waals surface area contributed by atoms with Crippen LogP contribution in [0, 0.1) is 5.82 Å². The van der Waals surface area contributed by atoms with Gasteiger partial charge in [-0.3, -0.25) is 0 Å². The van der Waals surface area contributed by atoms with E-state index >= 15 is 0 Å². The third-order valence-corrected chi connectivity index (χ3v) is 3.41. The average molecular weight is 346 g/mol. The monoisotopic (exact) mass is 346 g/mol.